The first kappa shape index (κ1) is 19.2. The summed E-state index contributed by atoms with van der Waals surface area (Å²) in [6, 6.07) is 27.2. The van der Waals surface area contributed by atoms with Gasteiger partial charge in [0, 0.05) is 38.9 Å². The second kappa shape index (κ2) is 7.50. The second-order valence-electron chi connectivity index (χ2n) is 8.42. The van der Waals surface area contributed by atoms with Crippen LogP contribution in [-0.4, -0.2) is 14.4 Å². The molecule has 0 radical (unpaired) electrons. The van der Waals surface area contributed by atoms with Crippen molar-refractivity contribution in [2.75, 3.05) is 0 Å². The molecule has 0 spiro atoms. The molecule has 0 bridgehead atoms. The molecule has 0 saturated heterocycles. The largest absolute Gasteiger partial charge is 0.384 e. The number of para-hydroxylation sites is 1. The highest BCUT2D eigenvalue weighted by Gasteiger charge is 2.30. The highest BCUT2D eigenvalue weighted by molar-refractivity contribution is 8.01. The Labute approximate surface area is 181 Å². The van der Waals surface area contributed by atoms with Crippen molar-refractivity contribution in [1.29, 1.82) is 0 Å². The van der Waals surface area contributed by atoms with Gasteiger partial charge in [0.15, 0.2) is 0 Å². The summed E-state index contributed by atoms with van der Waals surface area (Å²) in [6.45, 7) is 5.20. The Hall–Kier alpha value is -2.75. The van der Waals surface area contributed by atoms with Crippen molar-refractivity contribution in [2.45, 2.75) is 36.1 Å². The van der Waals surface area contributed by atoms with Crippen LogP contribution in [-0.2, 0) is 6.54 Å². The van der Waals surface area contributed by atoms with Crippen LogP contribution in [0.1, 0.15) is 36.6 Å². The SMILES string of the molecule is CC1(C)C=C(C(O)c2cn(Cc3ccccc3)c3ccccc23)c2ccccc2S1. The van der Waals surface area contributed by atoms with Crippen LogP contribution in [0.25, 0.3) is 16.5 Å². The minimum Gasteiger partial charge on any atom is -0.384 e. The third kappa shape index (κ3) is 3.49. The van der Waals surface area contributed by atoms with Crippen molar-refractivity contribution >= 4 is 28.2 Å². The molecule has 1 aromatic heterocycles. The van der Waals surface area contributed by atoms with Gasteiger partial charge < -0.3 is 9.67 Å². The summed E-state index contributed by atoms with van der Waals surface area (Å²) in [6.07, 6.45) is 3.68. The van der Waals surface area contributed by atoms with E-state index >= 15 is 0 Å². The van der Waals surface area contributed by atoms with E-state index in [4.69, 9.17) is 0 Å². The van der Waals surface area contributed by atoms with E-state index in [2.05, 4.69) is 97.4 Å². The standard InChI is InChI=1S/C27H25NOS/c1-27(2)16-22(21-13-7-9-15-25(21)30-27)26(29)23-18-28(17-19-10-4-3-5-11-19)24-14-8-6-12-20(23)24/h3-16,18,26,29H,17H2,1-2H3. The number of hydrogen-bond donors (Lipinski definition) is 1. The Morgan fingerprint density at radius 3 is 2.43 bits per heavy atom. The Bertz CT molecular complexity index is 1240. The first-order valence-electron chi connectivity index (χ1n) is 10.3. The number of thioether (sulfide) groups is 1. The van der Waals surface area contributed by atoms with Gasteiger partial charge in [-0.3, -0.25) is 0 Å². The fourth-order valence-electron chi connectivity index (χ4n) is 4.36. The average Bonchev–Trinajstić information content (AvgIpc) is 3.11. The molecule has 3 aromatic carbocycles. The third-order valence-electron chi connectivity index (χ3n) is 5.68. The van der Waals surface area contributed by atoms with Crippen LogP contribution in [0.3, 0.4) is 0 Å². The molecule has 1 atom stereocenters. The summed E-state index contributed by atoms with van der Waals surface area (Å²) in [7, 11) is 0. The molecule has 4 aromatic rings. The number of aromatic nitrogens is 1. The lowest BCUT2D eigenvalue weighted by molar-refractivity contribution is 0.238. The lowest BCUT2D eigenvalue weighted by Gasteiger charge is -2.31. The van der Waals surface area contributed by atoms with Crippen LogP contribution in [0.15, 0.2) is 96.0 Å². The number of aliphatic hydroxyl groups is 1. The zero-order chi connectivity index (χ0) is 20.7. The molecule has 1 unspecified atom stereocenters. The van der Waals surface area contributed by atoms with Gasteiger partial charge in [0.1, 0.15) is 6.10 Å². The molecule has 5 rings (SSSR count). The van der Waals surface area contributed by atoms with Crippen molar-refractivity contribution in [3.8, 4) is 0 Å². The van der Waals surface area contributed by atoms with E-state index < -0.39 is 6.10 Å². The summed E-state index contributed by atoms with van der Waals surface area (Å²) < 4.78 is 2.19. The summed E-state index contributed by atoms with van der Waals surface area (Å²) >= 11 is 1.85. The van der Waals surface area contributed by atoms with Gasteiger partial charge in [-0.1, -0.05) is 72.8 Å². The molecule has 3 heteroatoms. The Balaban J connectivity index is 1.62. The van der Waals surface area contributed by atoms with Gasteiger partial charge in [0.25, 0.3) is 0 Å². The van der Waals surface area contributed by atoms with Crippen molar-refractivity contribution in [3.63, 3.8) is 0 Å². The van der Waals surface area contributed by atoms with E-state index in [1.54, 1.807) is 0 Å². The van der Waals surface area contributed by atoms with Gasteiger partial charge in [-0.2, -0.15) is 0 Å². The molecule has 1 N–H and O–H groups in total. The number of hydrogen-bond acceptors (Lipinski definition) is 2. The zero-order valence-electron chi connectivity index (χ0n) is 17.2. The van der Waals surface area contributed by atoms with E-state index in [1.807, 2.05) is 23.9 Å². The number of benzene rings is 3. The van der Waals surface area contributed by atoms with Gasteiger partial charge in [-0.05, 0) is 42.7 Å². The zero-order valence-corrected chi connectivity index (χ0v) is 18.1. The van der Waals surface area contributed by atoms with Crippen LogP contribution in [0.4, 0.5) is 0 Å². The highest BCUT2D eigenvalue weighted by Crippen LogP contribution is 2.48. The van der Waals surface area contributed by atoms with E-state index in [1.165, 1.54) is 10.5 Å². The van der Waals surface area contributed by atoms with Crippen molar-refractivity contribution in [2.24, 2.45) is 0 Å². The lowest BCUT2D eigenvalue weighted by Crippen LogP contribution is -2.18. The molecule has 0 fully saturated rings. The van der Waals surface area contributed by atoms with Crippen LogP contribution >= 0.6 is 11.8 Å². The quantitative estimate of drug-likeness (QED) is 0.405. The number of fused-ring (bicyclic) bond motifs is 2. The molecule has 2 nitrogen and oxygen atoms in total. The Morgan fingerprint density at radius 1 is 0.900 bits per heavy atom. The molecule has 0 saturated carbocycles. The van der Waals surface area contributed by atoms with Crippen LogP contribution in [0.2, 0.25) is 0 Å². The van der Waals surface area contributed by atoms with Gasteiger partial charge >= 0.3 is 0 Å². The van der Waals surface area contributed by atoms with Gasteiger partial charge in [-0.15, -0.1) is 11.8 Å². The summed E-state index contributed by atoms with van der Waals surface area (Å²) in [5.41, 5.74) is 5.49. The minimum absolute atomic E-state index is 0.0624. The number of aliphatic hydroxyl groups excluding tert-OH is 1. The van der Waals surface area contributed by atoms with Gasteiger partial charge in [-0.25, -0.2) is 0 Å². The maximum Gasteiger partial charge on any atom is 0.106 e. The molecule has 1 aliphatic rings. The smallest absolute Gasteiger partial charge is 0.106 e. The first-order chi connectivity index (χ1) is 14.5. The second-order valence-corrected chi connectivity index (χ2v) is 10.1. The average molecular weight is 412 g/mol. The maximum absolute atomic E-state index is 11.6. The molecular weight excluding hydrogens is 386 g/mol. The molecule has 30 heavy (non-hydrogen) atoms. The van der Waals surface area contributed by atoms with Gasteiger partial charge in [0.2, 0.25) is 0 Å². The topological polar surface area (TPSA) is 25.2 Å². The summed E-state index contributed by atoms with van der Waals surface area (Å²) in [5, 5.41) is 12.7. The van der Waals surface area contributed by atoms with E-state index in [9.17, 15) is 5.11 Å². The summed E-state index contributed by atoms with van der Waals surface area (Å²) in [5.74, 6) is 0. The lowest BCUT2D eigenvalue weighted by atomic mass is 9.91. The Kier molecular flexibility index (Phi) is 4.80. The van der Waals surface area contributed by atoms with E-state index in [-0.39, 0.29) is 4.75 Å². The Morgan fingerprint density at radius 2 is 1.60 bits per heavy atom. The number of rotatable bonds is 4. The summed E-state index contributed by atoms with van der Waals surface area (Å²) in [4.78, 5) is 1.23. The van der Waals surface area contributed by atoms with E-state index in [0.29, 0.717) is 0 Å². The number of nitrogens with zero attached hydrogens (tertiary/aromatic N) is 1. The van der Waals surface area contributed by atoms with Crippen LogP contribution in [0, 0.1) is 0 Å². The first-order valence-corrected chi connectivity index (χ1v) is 11.1. The minimum atomic E-state index is -0.673. The molecule has 0 amide bonds. The highest BCUT2D eigenvalue weighted by atomic mass is 32.2. The molecule has 150 valence electrons. The normalized spacial score (nSPS) is 16.2. The third-order valence-corrected chi connectivity index (χ3v) is 6.90. The van der Waals surface area contributed by atoms with Crippen molar-refractivity contribution in [1.82, 2.24) is 4.57 Å². The van der Waals surface area contributed by atoms with Crippen molar-refractivity contribution in [3.05, 3.63) is 108 Å². The maximum atomic E-state index is 11.6. The molecule has 0 aliphatic carbocycles. The monoisotopic (exact) mass is 411 g/mol. The van der Waals surface area contributed by atoms with Crippen LogP contribution in [0.5, 0.6) is 0 Å². The predicted octanol–water partition coefficient (Wildman–Crippen LogP) is 6.69. The fraction of sp³-hybridized carbons (Fsp3) is 0.185. The van der Waals surface area contributed by atoms with Crippen molar-refractivity contribution < 1.29 is 5.11 Å². The molecular formula is C27H25NOS. The molecule has 2 heterocycles. The van der Waals surface area contributed by atoms with Gasteiger partial charge in [0.05, 0.1) is 0 Å². The van der Waals surface area contributed by atoms with E-state index in [0.717, 1.165) is 34.1 Å². The fourth-order valence-corrected chi connectivity index (χ4v) is 5.55. The van der Waals surface area contributed by atoms with Crippen LogP contribution < -0.4 is 0 Å². The predicted molar refractivity (Wildman–Crippen MR) is 127 cm³/mol. The molecule has 1 aliphatic heterocycles.